The molecule has 6 heteroatoms. The summed E-state index contributed by atoms with van der Waals surface area (Å²) in [7, 11) is 0. The molecule has 2 amide bonds. The van der Waals surface area contributed by atoms with Crippen LogP contribution in [0.15, 0.2) is 24.3 Å². The van der Waals surface area contributed by atoms with Crippen molar-refractivity contribution in [3.63, 3.8) is 0 Å². The molecule has 6 nitrogen and oxygen atoms in total. The Morgan fingerprint density at radius 1 is 1.04 bits per heavy atom. The van der Waals surface area contributed by atoms with E-state index < -0.39 is 0 Å². The van der Waals surface area contributed by atoms with E-state index in [2.05, 4.69) is 17.1 Å². The minimum atomic E-state index is -0.172. The Labute approximate surface area is 148 Å². The van der Waals surface area contributed by atoms with Gasteiger partial charge in [-0.05, 0) is 37.8 Å². The van der Waals surface area contributed by atoms with E-state index in [1.54, 1.807) is 12.1 Å². The van der Waals surface area contributed by atoms with Crippen LogP contribution >= 0.6 is 0 Å². The van der Waals surface area contributed by atoms with Crippen LogP contribution in [0.2, 0.25) is 0 Å². The van der Waals surface area contributed by atoms with Crippen molar-refractivity contribution in [3.05, 3.63) is 35.4 Å². The summed E-state index contributed by atoms with van der Waals surface area (Å²) in [5, 5.41) is 6.75. The van der Waals surface area contributed by atoms with Gasteiger partial charge in [0.1, 0.15) is 0 Å². The van der Waals surface area contributed by atoms with Crippen LogP contribution in [0.1, 0.15) is 40.5 Å². The zero-order chi connectivity index (χ0) is 17.4. The fourth-order valence-electron chi connectivity index (χ4n) is 4.22. The van der Waals surface area contributed by atoms with Crippen LogP contribution in [-0.2, 0) is 0 Å². The lowest BCUT2D eigenvalue weighted by Crippen LogP contribution is -2.53. The molecular formula is C19H26N4O2. The second-order valence-electron chi connectivity index (χ2n) is 7.41. The lowest BCUT2D eigenvalue weighted by atomic mass is 9.96. The molecule has 0 unspecified atom stereocenters. The highest BCUT2D eigenvalue weighted by atomic mass is 16.2. The molecule has 25 heavy (non-hydrogen) atoms. The predicted octanol–water partition coefficient (Wildman–Crippen LogP) is 1.20. The molecule has 134 valence electrons. The number of hydrazine groups is 1. The first-order valence-electron chi connectivity index (χ1n) is 9.32. The molecular weight excluding hydrogens is 316 g/mol. The zero-order valence-electron chi connectivity index (χ0n) is 14.8. The Balaban J connectivity index is 1.36. The predicted molar refractivity (Wildman–Crippen MR) is 95.1 cm³/mol. The lowest BCUT2D eigenvalue weighted by molar-refractivity contribution is -0.0179. The van der Waals surface area contributed by atoms with Crippen molar-refractivity contribution in [1.29, 1.82) is 0 Å². The summed E-state index contributed by atoms with van der Waals surface area (Å²) in [6.07, 6.45) is 2.06. The third kappa shape index (κ3) is 3.10. The topological polar surface area (TPSA) is 55.9 Å². The number of benzene rings is 1. The summed E-state index contributed by atoms with van der Waals surface area (Å²) in [6.45, 7) is 8.19. The molecule has 0 saturated carbocycles. The molecule has 1 N–H and O–H groups in total. The number of piperidine rings is 1. The van der Waals surface area contributed by atoms with Crippen molar-refractivity contribution in [2.45, 2.75) is 25.8 Å². The van der Waals surface area contributed by atoms with Gasteiger partial charge in [-0.15, -0.1) is 0 Å². The number of hydrogen-bond donors (Lipinski definition) is 1. The van der Waals surface area contributed by atoms with Crippen molar-refractivity contribution < 1.29 is 9.59 Å². The number of rotatable bonds is 3. The van der Waals surface area contributed by atoms with E-state index >= 15 is 0 Å². The zero-order valence-corrected chi connectivity index (χ0v) is 14.8. The van der Waals surface area contributed by atoms with Crippen LogP contribution < -0.4 is 5.32 Å². The highest BCUT2D eigenvalue weighted by molar-refractivity contribution is 6.20. The molecule has 2 fully saturated rings. The number of carbonyl (C=O) groups is 2. The van der Waals surface area contributed by atoms with E-state index in [4.69, 9.17) is 0 Å². The molecule has 0 aromatic heterocycles. The summed E-state index contributed by atoms with van der Waals surface area (Å²) in [4.78, 5) is 27.8. The smallest absolute Gasteiger partial charge is 0.276 e. The molecule has 0 bridgehead atoms. The lowest BCUT2D eigenvalue weighted by Gasteiger charge is -2.40. The molecule has 0 spiro atoms. The van der Waals surface area contributed by atoms with E-state index in [-0.39, 0.29) is 11.8 Å². The molecule has 2 saturated heterocycles. The van der Waals surface area contributed by atoms with Gasteiger partial charge in [-0.25, -0.2) is 10.0 Å². The number of nitrogens with zero attached hydrogens (tertiary/aromatic N) is 3. The van der Waals surface area contributed by atoms with Gasteiger partial charge in [0.05, 0.1) is 11.1 Å². The van der Waals surface area contributed by atoms with Crippen LogP contribution in [0, 0.1) is 5.92 Å². The number of imide groups is 1. The van der Waals surface area contributed by atoms with Gasteiger partial charge < -0.3 is 5.32 Å². The maximum atomic E-state index is 12.6. The third-order valence-corrected chi connectivity index (χ3v) is 5.78. The first-order chi connectivity index (χ1) is 12.1. The van der Waals surface area contributed by atoms with Crippen LogP contribution in [0.4, 0.5) is 0 Å². The Morgan fingerprint density at radius 3 is 2.28 bits per heavy atom. The number of amides is 2. The van der Waals surface area contributed by atoms with Crippen molar-refractivity contribution in [2.24, 2.45) is 5.92 Å². The highest BCUT2D eigenvalue weighted by Crippen LogP contribution is 2.28. The first-order valence-corrected chi connectivity index (χ1v) is 9.32. The van der Waals surface area contributed by atoms with Gasteiger partial charge in [-0.1, -0.05) is 12.1 Å². The average molecular weight is 342 g/mol. The Morgan fingerprint density at radius 2 is 1.68 bits per heavy atom. The minimum absolute atomic E-state index is 0.172. The second kappa shape index (κ2) is 6.86. The molecule has 1 atom stereocenters. The quantitative estimate of drug-likeness (QED) is 0.837. The fourth-order valence-corrected chi connectivity index (χ4v) is 4.22. The van der Waals surface area contributed by atoms with Crippen LogP contribution in [0.3, 0.4) is 0 Å². The Hall–Kier alpha value is -1.76. The van der Waals surface area contributed by atoms with Gasteiger partial charge in [0.15, 0.2) is 0 Å². The molecule has 1 aromatic carbocycles. The summed E-state index contributed by atoms with van der Waals surface area (Å²) < 4.78 is 0. The van der Waals surface area contributed by atoms with E-state index in [0.717, 1.165) is 52.1 Å². The third-order valence-electron chi connectivity index (χ3n) is 5.78. The number of fused-ring (bicyclic) bond motifs is 1. The van der Waals surface area contributed by atoms with Crippen molar-refractivity contribution in [3.8, 4) is 0 Å². The maximum Gasteiger partial charge on any atom is 0.276 e. The van der Waals surface area contributed by atoms with Crippen molar-refractivity contribution >= 4 is 11.8 Å². The molecule has 0 radical (unpaired) electrons. The van der Waals surface area contributed by atoms with Gasteiger partial charge >= 0.3 is 0 Å². The van der Waals surface area contributed by atoms with Crippen LogP contribution in [0.5, 0.6) is 0 Å². The van der Waals surface area contributed by atoms with Crippen LogP contribution in [-0.4, -0.2) is 72.0 Å². The van der Waals surface area contributed by atoms with E-state index in [9.17, 15) is 9.59 Å². The summed E-state index contributed by atoms with van der Waals surface area (Å²) >= 11 is 0. The normalized spacial score (nSPS) is 26.3. The van der Waals surface area contributed by atoms with Crippen molar-refractivity contribution in [2.75, 3.05) is 39.3 Å². The molecule has 3 aliphatic rings. The van der Waals surface area contributed by atoms with Gasteiger partial charge in [-0.2, -0.15) is 0 Å². The fraction of sp³-hybridized carbons (Fsp3) is 0.579. The summed E-state index contributed by atoms with van der Waals surface area (Å²) in [6, 6.07) is 7.70. The summed E-state index contributed by atoms with van der Waals surface area (Å²) in [5.41, 5.74) is 1.06. The van der Waals surface area contributed by atoms with E-state index in [0.29, 0.717) is 23.1 Å². The van der Waals surface area contributed by atoms with Gasteiger partial charge in [0.25, 0.3) is 11.8 Å². The molecule has 1 aromatic rings. The Bertz CT molecular complexity index is 634. The maximum absolute atomic E-state index is 12.6. The summed E-state index contributed by atoms with van der Waals surface area (Å²) in [5.74, 6) is 0.302. The minimum Gasteiger partial charge on any atom is -0.314 e. The van der Waals surface area contributed by atoms with Gasteiger partial charge in [0, 0.05) is 45.3 Å². The molecule has 0 aliphatic carbocycles. The van der Waals surface area contributed by atoms with Crippen LogP contribution in [0.25, 0.3) is 0 Å². The first kappa shape index (κ1) is 16.7. The average Bonchev–Trinajstić information content (AvgIpc) is 2.89. The Kier molecular flexibility index (Phi) is 4.58. The van der Waals surface area contributed by atoms with E-state index in [1.165, 1.54) is 5.01 Å². The van der Waals surface area contributed by atoms with Crippen molar-refractivity contribution in [1.82, 2.24) is 20.2 Å². The highest BCUT2D eigenvalue weighted by Gasteiger charge is 2.40. The molecule has 4 rings (SSSR count). The van der Waals surface area contributed by atoms with Gasteiger partial charge in [0.2, 0.25) is 0 Å². The second-order valence-corrected chi connectivity index (χ2v) is 7.41. The number of hydrogen-bond acceptors (Lipinski definition) is 5. The number of nitrogens with one attached hydrogen (secondary N) is 1. The molecule has 3 aliphatic heterocycles. The largest absolute Gasteiger partial charge is 0.314 e. The number of carbonyl (C=O) groups excluding carboxylic acids is 2. The number of piperazine rings is 1. The monoisotopic (exact) mass is 342 g/mol. The van der Waals surface area contributed by atoms with Gasteiger partial charge in [-0.3, -0.25) is 14.5 Å². The SMILES string of the molecule is C[C@H]1CNCCN1CC1CCN(N2C(=O)c3ccccc3C2=O)CC1. The van der Waals surface area contributed by atoms with E-state index in [1.807, 2.05) is 17.1 Å². The molecule has 3 heterocycles. The standard InChI is InChI=1S/C19H26N4O2/c1-14-12-20-8-11-21(14)13-15-6-9-22(10-7-15)23-18(24)16-4-2-3-5-17(16)19(23)25/h2-5,14-15,20H,6-13H2,1H3/t14-/m0/s1.